The smallest absolute Gasteiger partial charge is 0.303 e. The highest BCUT2D eigenvalue weighted by Gasteiger charge is 2.35. The molecule has 1 aromatic carbocycles. The van der Waals surface area contributed by atoms with Crippen LogP contribution in [0.3, 0.4) is 0 Å². The summed E-state index contributed by atoms with van der Waals surface area (Å²) >= 11 is 0. The molecule has 0 aliphatic heterocycles. The van der Waals surface area contributed by atoms with Gasteiger partial charge in [0.05, 0.1) is 13.5 Å². The monoisotopic (exact) mass is 238 g/mol. The number of carboxylic acid groups (broad SMARTS) is 1. The zero-order chi connectivity index (χ0) is 12.4. The Kier molecular flexibility index (Phi) is 3.31. The van der Waals surface area contributed by atoms with Gasteiger partial charge in [0.25, 0.3) is 0 Å². The fraction of sp³-hybridized carbons (Fsp3) is 0.462. The van der Waals surface area contributed by atoms with Crippen molar-refractivity contribution in [3.63, 3.8) is 0 Å². The van der Waals surface area contributed by atoms with Crippen molar-refractivity contribution in [1.29, 1.82) is 0 Å². The number of carbonyl (C=O) groups is 1. The Morgan fingerprint density at radius 2 is 2.29 bits per heavy atom. The van der Waals surface area contributed by atoms with Crippen molar-refractivity contribution in [3.05, 3.63) is 29.6 Å². The molecule has 4 heteroatoms. The van der Waals surface area contributed by atoms with Crippen LogP contribution in [0.4, 0.5) is 4.39 Å². The van der Waals surface area contributed by atoms with Gasteiger partial charge >= 0.3 is 5.97 Å². The van der Waals surface area contributed by atoms with Gasteiger partial charge in [0.2, 0.25) is 0 Å². The predicted octanol–water partition coefficient (Wildman–Crippen LogP) is 2.80. The van der Waals surface area contributed by atoms with E-state index in [0.29, 0.717) is 11.7 Å². The van der Waals surface area contributed by atoms with Crippen LogP contribution in [0.5, 0.6) is 5.75 Å². The Hall–Kier alpha value is -1.58. The summed E-state index contributed by atoms with van der Waals surface area (Å²) in [4.78, 5) is 10.9. The highest BCUT2D eigenvalue weighted by atomic mass is 19.1. The van der Waals surface area contributed by atoms with E-state index in [2.05, 4.69) is 0 Å². The number of halogens is 1. The minimum atomic E-state index is -0.826. The number of benzene rings is 1. The van der Waals surface area contributed by atoms with Gasteiger partial charge in [-0.25, -0.2) is 4.39 Å². The van der Waals surface area contributed by atoms with Gasteiger partial charge in [-0.05, 0) is 30.4 Å². The van der Waals surface area contributed by atoms with Crippen LogP contribution in [0.1, 0.15) is 30.7 Å². The first kappa shape index (κ1) is 11.9. The summed E-state index contributed by atoms with van der Waals surface area (Å²) in [5.41, 5.74) is 0.804. The lowest BCUT2D eigenvalue weighted by Gasteiger charge is -2.17. The third kappa shape index (κ3) is 2.75. The molecule has 17 heavy (non-hydrogen) atoms. The van der Waals surface area contributed by atoms with Crippen molar-refractivity contribution in [3.8, 4) is 5.75 Å². The van der Waals surface area contributed by atoms with Crippen LogP contribution in [-0.2, 0) is 4.79 Å². The van der Waals surface area contributed by atoms with E-state index >= 15 is 0 Å². The first-order valence-corrected chi connectivity index (χ1v) is 5.67. The summed E-state index contributed by atoms with van der Waals surface area (Å²) in [6.45, 7) is 0. The molecule has 2 rings (SSSR count). The van der Waals surface area contributed by atoms with Crippen molar-refractivity contribution in [2.24, 2.45) is 5.92 Å². The third-order valence-corrected chi connectivity index (χ3v) is 3.18. The minimum absolute atomic E-state index is 0.0666. The number of methoxy groups -OCH3 is 1. The molecule has 0 saturated heterocycles. The molecule has 1 fully saturated rings. The number of carboxylic acids is 1. The second-order valence-corrected chi connectivity index (χ2v) is 4.43. The Morgan fingerprint density at radius 3 is 2.82 bits per heavy atom. The predicted molar refractivity (Wildman–Crippen MR) is 60.7 cm³/mol. The molecule has 1 unspecified atom stereocenters. The summed E-state index contributed by atoms with van der Waals surface area (Å²) in [6.07, 6.45) is 2.16. The van der Waals surface area contributed by atoms with Gasteiger partial charge in [-0.2, -0.15) is 0 Å². The van der Waals surface area contributed by atoms with Crippen molar-refractivity contribution in [1.82, 2.24) is 0 Å². The first-order chi connectivity index (χ1) is 8.11. The van der Waals surface area contributed by atoms with Crippen LogP contribution in [0.2, 0.25) is 0 Å². The number of hydrogen-bond donors (Lipinski definition) is 1. The standard InChI is InChI=1S/C13H15FO3/c1-17-12-6-9(14)4-5-10(12)11(7-13(15)16)8-2-3-8/h4-6,8,11H,2-3,7H2,1H3,(H,15,16). The van der Waals surface area contributed by atoms with Crippen LogP contribution in [0.25, 0.3) is 0 Å². The molecule has 0 radical (unpaired) electrons. The van der Waals surface area contributed by atoms with Gasteiger partial charge in [-0.15, -0.1) is 0 Å². The van der Waals surface area contributed by atoms with Crippen molar-refractivity contribution >= 4 is 5.97 Å². The van der Waals surface area contributed by atoms with Crippen molar-refractivity contribution in [2.75, 3.05) is 7.11 Å². The second-order valence-electron chi connectivity index (χ2n) is 4.43. The molecule has 0 heterocycles. The van der Waals surface area contributed by atoms with Gasteiger partial charge in [-0.1, -0.05) is 6.07 Å². The fourth-order valence-electron chi connectivity index (χ4n) is 2.21. The number of ether oxygens (including phenoxy) is 1. The maximum absolute atomic E-state index is 13.1. The van der Waals surface area contributed by atoms with Gasteiger partial charge in [0.1, 0.15) is 11.6 Å². The third-order valence-electron chi connectivity index (χ3n) is 3.18. The van der Waals surface area contributed by atoms with E-state index in [0.717, 1.165) is 18.4 Å². The summed E-state index contributed by atoms with van der Waals surface area (Å²) in [5.74, 6) is -0.416. The van der Waals surface area contributed by atoms with Gasteiger partial charge < -0.3 is 9.84 Å². The van der Waals surface area contributed by atoms with Crippen molar-refractivity contribution < 1.29 is 19.0 Å². The number of rotatable bonds is 5. The largest absolute Gasteiger partial charge is 0.496 e. The maximum atomic E-state index is 13.1. The summed E-state index contributed by atoms with van der Waals surface area (Å²) in [7, 11) is 1.48. The van der Waals surface area contributed by atoms with Crippen LogP contribution in [0.15, 0.2) is 18.2 Å². The van der Waals surface area contributed by atoms with E-state index in [4.69, 9.17) is 9.84 Å². The normalized spacial score (nSPS) is 16.6. The molecule has 0 amide bonds. The van der Waals surface area contributed by atoms with E-state index in [-0.39, 0.29) is 18.2 Å². The molecular formula is C13H15FO3. The van der Waals surface area contributed by atoms with E-state index < -0.39 is 5.97 Å². The maximum Gasteiger partial charge on any atom is 0.303 e. The summed E-state index contributed by atoms with van der Waals surface area (Å²) in [6, 6.07) is 4.31. The average molecular weight is 238 g/mol. The average Bonchev–Trinajstić information content (AvgIpc) is 3.09. The fourth-order valence-corrected chi connectivity index (χ4v) is 2.21. The topological polar surface area (TPSA) is 46.5 Å². The lowest BCUT2D eigenvalue weighted by Crippen LogP contribution is -2.09. The Bertz CT molecular complexity index is 427. The molecule has 1 saturated carbocycles. The summed E-state index contributed by atoms with van der Waals surface area (Å²) in [5, 5.41) is 8.93. The lowest BCUT2D eigenvalue weighted by atomic mass is 9.90. The Labute approximate surface area is 99.2 Å². The van der Waals surface area contributed by atoms with E-state index in [1.165, 1.54) is 19.2 Å². The van der Waals surface area contributed by atoms with Gasteiger partial charge in [0, 0.05) is 12.0 Å². The highest BCUT2D eigenvalue weighted by molar-refractivity contribution is 5.68. The van der Waals surface area contributed by atoms with Crippen LogP contribution >= 0.6 is 0 Å². The number of aliphatic carboxylic acids is 1. The molecule has 0 spiro atoms. The SMILES string of the molecule is COc1cc(F)ccc1C(CC(=O)O)C1CC1. The van der Waals surface area contributed by atoms with E-state index in [1.54, 1.807) is 6.07 Å². The minimum Gasteiger partial charge on any atom is -0.496 e. The van der Waals surface area contributed by atoms with Gasteiger partial charge in [-0.3, -0.25) is 4.79 Å². The van der Waals surface area contributed by atoms with Crippen molar-refractivity contribution in [2.45, 2.75) is 25.2 Å². The molecule has 1 aromatic rings. The van der Waals surface area contributed by atoms with Crippen LogP contribution < -0.4 is 4.74 Å². The van der Waals surface area contributed by atoms with Gasteiger partial charge in [0.15, 0.2) is 0 Å². The Morgan fingerprint density at radius 1 is 1.59 bits per heavy atom. The Balaban J connectivity index is 2.31. The molecule has 0 bridgehead atoms. The highest BCUT2D eigenvalue weighted by Crippen LogP contribution is 2.46. The molecule has 3 nitrogen and oxygen atoms in total. The van der Waals surface area contributed by atoms with Crippen LogP contribution in [0, 0.1) is 11.7 Å². The lowest BCUT2D eigenvalue weighted by molar-refractivity contribution is -0.137. The zero-order valence-electron chi connectivity index (χ0n) is 9.65. The molecule has 0 aromatic heterocycles. The first-order valence-electron chi connectivity index (χ1n) is 5.67. The molecular weight excluding hydrogens is 223 g/mol. The number of hydrogen-bond acceptors (Lipinski definition) is 2. The molecule has 1 atom stereocenters. The van der Waals surface area contributed by atoms with E-state index in [1.807, 2.05) is 0 Å². The molecule has 1 N–H and O–H groups in total. The quantitative estimate of drug-likeness (QED) is 0.858. The second kappa shape index (κ2) is 4.73. The molecule has 92 valence electrons. The summed E-state index contributed by atoms with van der Waals surface area (Å²) < 4.78 is 18.2. The van der Waals surface area contributed by atoms with E-state index in [9.17, 15) is 9.18 Å². The zero-order valence-corrected chi connectivity index (χ0v) is 9.65. The van der Waals surface area contributed by atoms with Crippen LogP contribution in [-0.4, -0.2) is 18.2 Å². The molecule has 1 aliphatic carbocycles. The molecule has 1 aliphatic rings.